The summed E-state index contributed by atoms with van der Waals surface area (Å²) in [5.74, 6) is 0.969. The number of carbonyl (C=O) groups is 1. The van der Waals surface area contributed by atoms with E-state index < -0.39 is 0 Å². The Balaban J connectivity index is 0.000000200. The molecule has 0 aliphatic carbocycles. The highest BCUT2D eigenvalue weighted by atomic mass is 79.9. The van der Waals surface area contributed by atoms with Crippen LogP contribution in [-0.4, -0.2) is 25.5 Å². The number of nitrogens with two attached hydrogens (primary N) is 1. The SMILES string of the molecule is CC(=O)Nc1nn(C)cc1Br.Cn1cc(Br)c(N)n1. The molecule has 2 aromatic rings. The van der Waals surface area contributed by atoms with Crippen molar-refractivity contribution in [2.24, 2.45) is 14.1 Å². The molecule has 2 aromatic heterocycles. The zero-order chi connectivity index (χ0) is 14.6. The lowest BCUT2D eigenvalue weighted by Gasteiger charge is -1.94. The summed E-state index contributed by atoms with van der Waals surface area (Å²) in [5.41, 5.74) is 5.36. The number of hydrogen-bond donors (Lipinski definition) is 2. The number of hydrogen-bond acceptors (Lipinski definition) is 4. The van der Waals surface area contributed by atoms with E-state index in [2.05, 4.69) is 47.4 Å². The van der Waals surface area contributed by atoms with Gasteiger partial charge in [0.2, 0.25) is 5.91 Å². The van der Waals surface area contributed by atoms with E-state index in [-0.39, 0.29) is 5.91 Å². The van der Waals surface area contributed by atoms with Gasteiger partial charge in [0, 0.05) is 33.4 Å². The average Bonchev–Trinajstić information content (AvgIpc) is 2.70. The van der Waals surface area contributed by atoms with Crippen LogP contribution in [0.3, 0.4) is 0 Å². The van der Waals surface area contributed by atoms with Crippen molar-refractivity contribution in [3.63, 3.8) is 0 Å². The molecule has 0 radical (unpaired) electrons. The van der Waals surface area contributed by atoms with Gasteiger partial charge in [-0.1, -0.05) is 0 Å². The Morgan fingerprint density at radius 2 is 1.74 bits per heavy atom. The summed E-state index contributed by atoms with van der Waals surface area (Å²) in [6, 6.07) is 0. The van der Waals surface area contributed by atoms with Crippen LogP contribution in [0, 0.1) is 0 Å². The van der Waals surface area contributed by atoms with Gasteiger partial charge in [-0.15, -0.1) is 0 Å². The van der Waals surface area contributed by atoms with Crippen molar-refractivity contribution in [3.8, 4) is 0 Å². The highest BCUT2D eigenvalue weighted by Gasteiger charge is 2.04. The Hall–Kier alpha value is -1.35. The fourth-order valence-electron chi connectivity index (χ4n) is 1.19. The highest BCUT2D eigenvalue weighted by molar-refractivity contribution is 9.11. The maximum absolute atomic E-state index is 10.6. The molecule has 2 heterocycles. The summed E-state index contributed by atoms with van der Waals surface area (Å²) in [7, 11) is 3.61. The summed E-state index contributed by atoms with van der Waals surface area (Å²) < 4.78 is 4.91. The van der Waals surface area contributed by atoms with Crippen molar-refractivity contribution >= 4 is 49.4 Å². The van der Waals surface area contributed by atoms with Gasteiger partial charge < -0.3 is 11.1 Å². The van der Waals surface area contributed by atoms with Crippen LogP contribution in [0.25, 0.3) is 0 Å². The lowest BCUT2D eigenvalue weighted by atomic mass is 10.6. The molecule has 2 rings (SSSR count). The molecule has 0 aliphatic heterocycles. The summed E-state index contributed by atoms with van der Waals surface area (Å²) in [5, 5.41) is 10.4. The first kappa shape index (κ1) is 15.7. The first-order valence-corrected chi connectivity index (χ1v) is 6.79. The van der Waals surface area contributed by atoms with E-state index in [4.69, 9.17) is 5.73 Å². The van der Waals surface area contributed by atoms with Gasteiger partial charge in [-0.2, -0.15) is 10.2 Å². The van der Waals surface area contributed by atoms with E-state index in [1.165, 1.54) is 6.92 Å². The number of aryl methyl sites for hydroxylation is 2. The van der Waals surface area contributed by atoms with Crippen LogP contribution in [0.2, 0.25) is 0 Å². The second kappa shape index (κ2) is 6.71. The van der Waals surface area contributed by atoms with Crippen LogP contribution in [0.5, 0.6) is 0 Å². The number of anilines is 2. The minimum atomic E-state index is -0.121. The summed E-state index contributed by atoms with van der Waals surface area (Å²) >= 11 is 6.46. The molecule has 0 saturated carbocycles. The molecule has 0 fully saturated rings. The number of amides is 1. The lowest BCUT2D eigenvalue weighted by Crippen LogP contribution is -2.06. The number of halogens is 2. The fraction of sp³-hybridized carbons (Fsp3) is 0.300. The van der Waals surface area contributed by atoms with Gasteiger partial charge in [0.25, 0.3) is 0 Å². The molecule has 0 unspecified atom stereocenters. The average molecular weight is 394 g/mol. The Labute approximate surface area is 127 Å². The Morgan fingerprint density at radius 3 is 2.00 bits per heavy atom. The maximum atomic E-state index is 10.6. The molecule has 1 amide bonds. The molecule has 19 heavy (non-hydrogen) atoms. The number of rotatable bonds is 1. The largest absolute Gasteiger partial charge is 0.381 e. The molecule has 0 aromatic carbocycles. The third kappa shape index (κ3) is 5.03. The zero-order valence-electron chi connectivity index (χ0n) is 10.7. The van der Waals surface area contributed by atoms with Crippen molar-refractivity contribution in [2.75, 3.05) is 11.1 Å². The summed E-state index contributed by atoms with van der Waals surface area (Å²) in [6.07, 6.45) is 3.57. The van der Waals surface area contributed by atoms with Crippen LogP contribution in [-0.2, 0) is 18.9 Å². The van der Waals surface area contributed by atoms with Crippen molar-refractivity contribution in [2.45, 2.75) is 6.92 Å². The van der Waals surface area contributed by atoms with E-state index in [0.717, 1.165) is 8.95 Å². The van der Waals surface area contributed by atoms with E-state index >= 15 is 0 Å². The first-order chi connectivity index (χ1) is 8.79. The zero-order valence-corrected chi connectivity index (χ0v) is 13.9. The summed E-state index contributed by atoms with van der Waals surface area (Å²) in [6.45, 7) is 1.45. The molecule has 0 aliphatic rings. The predicted molar refractivity (Wildman–Crippen MR) is 80.5 cm³/mol. The first-order valence-electron chi connectivity index (χ1n) is 5.21. The van der Waals surface area contributed by atoms with E-state index in [9.17, 15) is 4.79 Å². The third-order valence-electron chi connectivity index (χ3n) is 1.89. The van der Waals surface area contributed by atoms with Gasteiger partial charge in [-0.3, -0.25) is 14.2 Å². The fourth-order valence-corrected chi connectivity index (χ4v) is 2.04. The van der Waals surface area contributed by atoms with Crippen molar-refractivity contribution in [1.82, 2.24) is 19.6 Å². The van der Waals surface area contributed by atoms with Crippen LogP contribution in [0.1, 0.15) is 6.92 Å². The van der Waals surface area contributed by atoms with Gasteiger partial charge in [-0.25, -0.2) is 0 Å². The van der Waals surface area contributed by atoms with Crippen LogP contribution < -0.4 is 11.1 Å². The van der Waals surface area contributed by atoms with Gasteiger partial charge in [0.15, 0.2) is 11.6 Å². The molecule has 104 valence electrons. The molecule has 9 heteroatoms. The van der Waals surface area contributed by atoms with Crippen molar-refractivity contribution in [3.05, 3.63) is 21.3 Å². The molecular formula is C10H14Br2N6O. The summed E-state index contributed by atoms with van der Waals surface area (Å²) in [4.78, 5) is 10.6. The van der Waals surface area contributed by atoms with Gasteiger partial charge >= 0.3 is 0 Å². The molecular weight excluding hydrogens is 380 g/mol. The standard InChI is InChI=1S/C6H8BrN3O.C4H6BrN3/c1-4(11)8-6-5(7)3-10(2)9-6;1-8-2-3(5)4(6)7-8/h3H,1-2H3,(H,8,9,11);2H,1H3,(H2,6,7). The van der Waals surface area contributed by atoms with Crippen molar-refractivity contribution < 1.29 is 4.79 Å². The topological polar surface area (TPSA) is 90.8 Å². The number of carbonyl (C=O) groups excluding carboxylic acids is 1. The van der Waals surface area contributed by atoms with Gasteiger partial charge in [0.1, 0.15) is 0 Å². The minimum Gasteiger partial charge on any atom is -0.381 e. The normalized spacial score (nSPS) is 9.74. The minimum absolute atomic E-state index is 0.121. The maximum Gasteiger partial charge on any atom is 0.222 e. The molecule has 0 spiro atoms. The van der Waals surface area contributed by atoms with E-state index in [1.54, 1.807) is 28.8 Å². The lowest BCUT2D eigenvalue weighted by molar-refractivity contribution is -0.114. The second-order valence-corrected chi connectivity index (χ2v) is 5.43. The van der Waals surface area contributed by atoms with Gasteiger partial charge in [-0.05, 0) is 31.9 Å². The number of nitrogen functional groups attached to an aromatic ring is 1. The smallest absolute Gasteiger partial charge is 0.222 e. The van der Waals surface area contributed by atoms with E-state index in [0.29, 0.717) is 11.6 Å². The van der Waals surface area contributed by atoms with Crippen LogP contribution >= 0.6 is 31.9 Å². The molecule has 7 nitrogen and oxygen atoms in total. The molecule has 0 bridgehead atoms. The highest BCUT2D eigenvalue weighted by Crippen LogP contribution is 2.18. The number of nitrogens with one attached hydrogen (secondary N) is 1. The Kier molecular flexibility index (Phi) is 5.55. The number of aromatic nitrogens is 4. The van der Waals surface area contributed by atoms with Gasteiger partial charge in [0.05, 0.1) is 8.95 Å². The predicted octanol–water partition coefficient (Wildman–Crippen LogP) is 1.91. The third-order valence-corrected chi connectivity index (χ3v) is 3.08. The number of nitrogens with zero attached hydrogens (tertiary/aromatic N) is 4. The monoisotopic (exact) mass is 392 g/mol. The molecule has 0 saturated heterocycles. The van der Waals surface area contributed by atoms with E-state index in [1.807, 2.05) is 7.05 Å². The van der Waals surface area contributed by atoms with Crippen LogP contribution in [0.4, 0.5) is 11.6 Å². The second-order valence-electron chi connectivity index (χ2n) is 3.72. The van der Waals surface area contributed by atoms with Crippen molar-refractivity contribution in [1.29, 1.82) is 0 Å². The molecule has 0 atom stereocenters. The Bertz CT molecular complexity index is 557. The van der Waals surface area contributed by atoms with Crippen LogP contribution in [0.15, 0.2) is 21.3 Å². The quantitative estimate of drug-likeness (QED) is 0.774. The molecule has 3 N–H and O–H groups in total. The Morgan fingerprint density at radius 1 is 1.21 bits per heavy atom.